The standard InChI is InChI=1S/C20H36N10O9/c21-9(7-13(31)32)15(35)28-10(3-1-5-26-19(22)23)16(36)29-11(4-2-6-27-20(24)25)17(37)30-12(18(38)39)8-14(33)34/h9-12H,1-8,21H2,(H,28,35)(H,29,36)(H,30,37)(H,31,32)(H,33,34)(H,38,39)(H4,22,23,26)(H4,24,25,27). The molecule has 0 aromatic carbocycles. The van der Waals surface area contributed by atoms with Gasteiger partial charge in [0.1, 0.15) is 18.1 Å². The van der Waals surface area contributed by atoms with E-state index < -0.39 is 72.6 Å². The molecule has 220 valence electrons. The number of amides is 3. The second kappa shape index (κ2) is 17.7. The van der Waals surface area contributed by atoms with Gasteiger partial charge in [-0.1, -0.05) is 0 Å². The summed E-state index contributed by atoms with van der Waals surface area (Å²) in [5.74, 6) is -7.77. The second-order valence-corrected chi connectivity index (χ2v) is 8.22. The Morgan fingerprint density at radius 2 is 1.00 bits per heavy atom. The van der Waals surface area contributed by atoms with Gasteiger partial charge in [-0.25, -0.2) is 4.79 Å². The van der Waals surface area contributed by atoms with Crippen LogP contribution in [-0.4, -0.2) is 100 Å². The number of nitrogens with one attached hydrogen (secondary N) is 3. The number of carbonyl (C=O) groups is 6. The molecule has 39 heavy (non-hydrogen) atoms. The first-order valence-corrected chi connectivity index (χ1v) is 11.6. The summed E-state index contributed by atoms with van der Waals surface area (Å²) >= 11 is 0. The molecule has 19 heteroatoms. The van der Waals surface area contributed by atoms with Gasteiger partial charge in [-0.15, -0.1) is 0 Å². The lowest BCUT2D eigenvalue weighted by atomic mass is 10.1. The van der Waals surface area contributed by atoms with Crippen molar-refractivity contribution in [2.45, 2.75) is 62.7 Å². The van der Waals surface area contributed by atoms with Crippen LogP contribution in [0.5, 0.6) is 0 Å². The molecule has 4 atom stereocenters. The molecule has 19 nitrogen and oxygen atoms in total. The van der Waals surface area contributed by atoms with E-state index in [0.717, 1.165) is 0 Å². The number of nitrogens with two attached hydrogens (primary N) is 5. The molecule has 3 amide bonds. The number of carboxylic acid groups (broad SMARTS) is 3. The van der Waals surface area contributed by atoms with E-state index >= 15 is 0 Å². The number of rotatable bonds is 19. The number of hydrogen-bond donors (Lipinski definition) is 11. The topological polar surface area (TPSA) is 354 Å². The number of nitrogens with zero attached hydrogens (tertiary/aromatic N) is 2. The molecule has 16 N–H and O–H groups in total. The lowest BCUT2D eigenvalue weighted by Crippen LogP contribution is -2.57. The molecule has 0 saturated heterocycles. The van der Waals surface area contributed by atoms with Crippen LogP contribution in [0.25, 0.3) is 0 Å². The SMILES string of the molecule is NC(N)=NCCCC(NC(=O)C(N)CC(=O)O)C(=O)NC(CCCN=C(N)N)C(=O)NC(CC(=O)O)C(=O)O. The molecule has 0 bridgehead atoms. The minimum Gasteiger partial charge on any atom is -0.481 e. The van der Waals surface area contributed by atoms with Crippen molar-refractivity contribution in [1.82, 2.24) is 16.0 Å². The summed E-state index contributed by atoms with van der Waals surface area (Å²) in [5.41, 5.74) is 26.6. The Labute approximate surface area is 222 Å². The number of guanidine groups is 2. The minimum absolute atomic E-state index is 0.0438. The molecular formula is C20H36N10O9. The van der Waals surface area contributed by atoms with Gasteiger partial charge in [-0.3, -0.25) is 34.0 Å². The molecule has 0 radical (unpaired) electrons. The molecule has 0 aliphatic rings. The van der Waals surface area contributed by atoms with Gasteiger partial charge < -0.3 is 59.9 Å². The van der Waals surface area contributed by atoms with Crippen molar-refractivity contribution < 1.29 is 44.1 Å². The quantitative estimate of drug-likeness (QED) is 0.0400. The molecule has 0 aliphatic carbocycles. The summed E-state index contributed by atoms with van der Waals surface area (Å²) in [4.78, 5) is 79.0. The Balaban J connectivity index is 5.80. The predicted molar refractivity (Wildman–Crippen MR) is 136 cm³/mol. The van der Waals surface area contributed by atoms with Crippen LogP contribution in [0.3, 0.4) is 0 Å². The largest absolute Gasteiger partial charge is 0.481 e. The zero-order valence-corrected chi connectivity index (χ0v) is 21.0. The van der Waals surface area contributed by atoms with Crippen molar-refractivity contribution in [1.29, 1.82) is 0 Å². The highest BCUT2D eigenvalue weighted by Crippen LogP contribution is 2.06. The average Bonchev–Trinajstić information content (AvgIpc) is 2.80. The molecule has 0 aromatic rings. The van der Waals surface area contributed by atoms with Crippen molar-refractivity contribution >= 4 is 47.5 Å². The zero-order valence-electron chi connectivity index (χ0n) is 21.0. The van der Waals surface area contributed by atoms with Crippen LogP contribution in [-0.2, 0) is 28.8 Å². The van der Waals surface area contributed by atoms with Crippen LogP contribution in [0, 0.1) is 0 Å². The van der Waals surface area contributed by atoms with E-state index in [1.165, 1.54) is 0 Å². The molecule has 0 spiro atoms. The maximum absolute atomic E-state index is 13.1. The van der Waals surface area contributed by atoms with Crippen LogP contribution < -0.4 is 44.6 Å². The van der Waals surface area contributed by atoms with Crippen LogP contribution >= 0.6 is 0 Å². The van der Waals surface area contributed by atoms with Gasteiger partial charge in [-0.2, -0.15) is 0 Å². The third-order valence-electron chi connectivity index (χ3n) is 4.88. The first-order valence-electron chi connectivity index (χ1n) is 11.6. The number of carboxylic acids is 3. The summed E-state index contributed by atoms with van der Waals surface area (Å²) in [6.45, 7) is 0.114. The van der Waals surface area contributed by atoms with E-state index in [2.05, 4.69) is 20.6 Å². The number of aliphatic imine (C=N–C) groups is 2. The maximum Gasteiger partial charge on any atom is 0.326 e. The lowest BCUT2D eigenvalue weighted by Gasteiger charge is -2.25. The normalized spacial score (nSPS) is 13.5. The van der Waals surface area contributed by atoms with Crippen molar-refractivity contribution in [3.63, 3.8) is 0 Å². The van der Waals surface area contributed by atoms with Gasteiger partial charge in [-0.05, 0) is 25.7 Å². The first kappa shape index (κ1) is 34.3. The van der Waals surface area contributed by atoms with Gasteiger partial charge in [0.05, 0.1) is 18.9 Å². The summed E-state index contributed by atoms with van der Waals surface area (Å²) < 4.78 is 0. The van der Waals surface area contributed by atoms with E-state index in [-0.39, 0.29) is 50.7 Å². The van der Waals surface area contributed by atoms with Gasteiger partial charge >= 0.3 is 17.9 Å². The zero-order chi connectivity index (χ0) is 30.1. The summed E-state index contributed by atoms with van der Waals surface area (Å²) in [5, 5.41) is 33.7. The lowest BCUT2D eigenvalue weighted by molar-refractivity contribution is -0.147. The second-order valence-electron chi connectivity index (χ2n) is 8.22. The van der Waals surface area contributed by atoms with Crippen LogP contribution in [0.4, 0.5) is 0 Å². The Kier molecular flexibility index (Phi) is 15.6. The van der Waals surface area contributed by atoms with E-state index in [9.17, 15) is 33.9 Å². The van der Waals surface area contributed by atoms with Gasteiger partial charge in [0.25, 0.3) is 0 Å². The van der Waals surface area contributed by atoms with Gasteiger partial charge in [0.2, 0.25) is 17.7 Å². The fourth-order valence-corrected chi connectivity index (χ4v) is 3.02. The van der Waals surface area contributed by atoms with Crippen molar-refractivity contribution in [2.24, 2.45) is 38.7 Å². The fourth-order valence-electron chi connectivity index (χ4n) is 3.02. The highest BCUT2D eigenvalue weighted by molar-refractivity contribution is 5.95. The number of carbonyl (C=O) groups excluding carboxylic acids is 3. The predicted octanol–water partition coefficient (Wildman–Crippen LogP) is -5.09. The van der Waals surface area contributed by atoms with Crippen LogP contribution in [0.1, 0.15) is 38.5 Å². The third kappa shape index (κ3) is 15.9. The van der Waals surface area contributed by atoms with E-state index in [1.54, 1.807) is 0 Å². The highest BCUT2D eigenvalue weighted by atomic mass is 16.4. The van der Waals surface area contributed by atoms with E-state index in [1.807, 2.05) is 5.32 Å². The monoisotopic (exact) mass is 560 g/mol. The van der Waals surface area contributed by atoms with Crippen molar-refractivity contribution in [2.75, 3.05) is 13.1 Å². The Hall–Kier alpha value is -4.68. The van der Waals surface area contributed by atoms with E-state index in [4.69, 9.17) is 38.9 Å². The van der Waals surface area contributed by atoms with Gasteiger partial charge in [0.15, 0.2) is 11.9 Å². The number of hydrogen-bond acceptors (Lipinski definition) is 9. The van der Waals surface area contributed by atoms with E-state index in [0.29, 0.717) is 0 Å². The molecular weight excluding hydrogens is 524 g/mol. The molecule has 0 aliphatic heterocycles. The van der Waals surface area contributed by atoms with Crippen LogP contribution in [0.2, 0.25) is 0 Å². The summed E-state index contributed by atoms with van der Waals surface area (Å²) in [6, 6.07) is -6.00. The molecule has 4 unspecified atom stereocenters. The minimum atomic E-state index is -1.80. The third-order valence-corrected chi connectivity index (χ3v) is 4.88. The van der Waals surface area contributed by atoms with Crippen molar-refractivity contribution in [3.05, 3.63) is 0 Å². The Bertz CT molecular complexity index is 948. The average molecular weight is 561 g/mol. The first-order chi connectivity index (χ1) is 18.1. The summed E-state index contributed by atoms with van der Waals surface area (Å²) in [7, 11) is 0. The Morgan fingerprint density at radius 3 is 1.36 bits per heavy atom. The molecule has 0 aromatic heterocycles. The summed E-state index contributed by atoms with van der Waals surface area (Å²) in [6.07, 6.45) is -1.51. The molecule has 0 saturated carbocycles. The van der Waals surface area contributed by atoms with Gasteiger partial charge in [0, 0.05) is 13.1 Å². The van der Waals surface area contributed by atoms with Crippen LogP contribution in [0.15, 0.2) is 9.98 Å². The molecule has 0 rings (SSSR count). The maximum atomic E-state index is 13.1. The smallest absolute Gasteiger partial charge is 0.326 e. The highest BCUT2D eigenvalue weighted by Gasteiger charge is 2.31. The Morgan fingerprint density at radius 1 is 0.615 bits per heavy atom. The fraction of sp³-hybridized carbons (Fsp3) is 0.600. The number of aliphatic carboxylic acids is 3. The van der Waals surface area contributed by atoms with Crippen molar-refractivity contribution in [3.8, 4) is 0 Å². The molecule has 0 fully saturated rings. The molecule has 0 heterocycles.